The molecule has 1 aliphatic carbocycles. The molecule has 1 aliphatic rings. The molecular weight excluding hydrogens is 154 g/mol. The highest BCUT2D eigenvalue weighted by Gasteiger charge is 2.04. The maximum Gasteiger partial charge on any atom is 0.0801 e. The van der Waals surface area contributed by atoms with Crippen molar-refractivity contribution in [1.82, 2.24) is 4.98 Å². The lowest BCUT2D eigenvalue weighted by Gasteiger charge is -1.99. The van der Waals surface area contributed by atoms with Gasteiger partial charge in [0, 0.05) is 4.88 Å². The Hall–Kier alpha value is -0.630. The summed E-state index contributed by atoms with van der Waals surface area (Å²) in [6, 6.07) is 0. The molecule has 0 aromatic carbocycles. The molecule has 60 valence electrons. The smallest absolute Gasteiger partial charge is 0.0801 e. The number of allylic oxidation sites excluding steroid dienone is 1. The summed E-state index contributed by atoms with van der Waals surface area (Å²) in [4.78, 5) is 5.57. The number of aryl methyl sites for hydroxylation is 1. The van der Waals surface area contributed by atoms with Crippen molar-refractivity contribution in [3.05, 3.63) is 22.2 Å². The Balaban J connectivity index is 0.000000281. The van der Waals surface area contributed by atoms with Crippen molar-refractivity contribution in [2.24, 2.45) is 0 Å². The second-order valence-electron chi connectivity index (χ2n) is 2.10. The molecule has 0 unspecified atom stereocenters. The van der Waals surface area contributed by atoms with Crippen molar-refractivity contribution in [2.75, 3.05) is 0 Å². The number of aromatic nitrogens is 1. The van der Waals surface area contributed by atoms with E-state index in [1.165, 1.54) is 10.6 Å². The highest BCUT2D eigenvalue weighted by Crippen LogP contribution is 2.20. The summed E-state index contributed by atoms with van der Waals surface area (Å²) in [6.07, 6.45) is 6.67. The van der Waals surface area contributed by atoms with Crippen molar-refractivity contribution in [3.8, 4) is 0 Å². The molecule has 0 spiro atoms. The maximum atomic E-state index is 4.22. The largest absolute Gasteiger partial charge is 0.249 e. The Bertz CT molecular complexity index is 237. The van der Waals surface area contributed by atoms with Crippen molar-refractivity contribution >= 4 is 17.4 Å². The van der Waals surface area contributed by atoms with Crippen LogP contribution in [0, 0.1) is 0 Å². The van der Waals surface area contributed by atoms with Gasteiger partial charge in [0.25, 0.3) is 0 Å². The molecule has 0 amide bonds. The molecular formula is C9H13NS. The predicted octanol–water partition coefficient (Wildman–Crippen LogP) is 3.13. The van der Waals surface area contributed by atoms with Gasteiger partial charge in [-0.25, -0.2) is 4.98 Å². The van der Waals surface area contributed by atoms with Gasteiger partial charge in [0.15, 0.2) is 0 Å². The quantitative estimate of drug-likeness (QED) is 0.578. The maximum absolute atomic E-state index is 4.22. The Kier molecular flexibility index (Phi) is 3.30. The predicted molar refractivity (Wildman–Crippen MR) is 50.8 cm³/mol. The molecule has 0 atom stereocenters. The molecule has 2 rings (SSSR count). The first-order valence-corrected chi connectivity index (χ1v) is 4.94. The lowest BCUT2D eigenvalue weighted by molar-refractivity contribution is 0.946. The van der Waals surface area contributed by atoms with Crippen LogP contribution in [-0.4, -0.2) is 4.98 Å². The van der Waals surface area contributed by atoms with E-state index < -0.39 is 0 Å². The van der Waals surface area contributed by atoms with E-state index in [1.807, 2.05) is 19.4 Å². The summed E-state index contributed by atoms with van der Waals surface area (Å²) in [7, 11) is 0. The van der Waals surface area contributed by atoms with E-state index in [4.69, 9.17) is 0 Å². The number of hydrogen-bond donors (Lipinski definition) is 0. The number of fused-ring (bicyclic) bond motifs is 1. The van der Waals surface area contributed by atoms with Gasteiger partial charge in [0.1, 0.15) is 0 Å². The van der Waals surface area contributed by atoms with E-state index in [1.54, 1.807) is 11.3 Å². The summed E-state index contributed by atoms with van der Waals surface area (Å²) in [6.45, 7) is 4.00. The van der Waals surface area contributed by atoms with Gasteiger partial charge < -0.3 is 0 Å². The zero-order chi connectivity index (χ0) is 8.10. The average Bonchev–Trinajstić information content (AvgIpc) is 2.55. The third kappa shape index (κ3) is 1.90. The first-order chi connectivity index (χ1) is 5.47. The Morgan fingerprint density at radius 1 is 1.45 bits per heavy atom. The van der Waals surface area contributed by atoms with Gasteiger partial charge in [-0.15, -0.1) is 11.3 Å². The van der Waals surface area contributed by atoms with Crippen LogP contribution in [0.15, 0.2) is 11.6 Å². The van der Waals surface area contributed by atoms with Crippen molar-refractivity contribution < 1.29 is 0 Å². The minimum atomic E-state index is 1.13. The van der Waals surface area contributed by atoms with Crippen LogP contribution in [0.4, 0.5) is 0 Å². The van der Waals surface area contributed by atoms with E-state index in [9.17, 15) is 0 Å². The van der Waals surface area contributed by atoms with Crippen molar-refractivity contribution in [2.45, 2.75) is 26.7 Å². The molecule has 2 heteroatoms. The molecule has 1 heterocycles. The molecule has 0 saturated carbocycles. The SMILES string of the molecule is C1=Cc2scnc2CC1.CC. The zero-order valence-electron chi connectivity index (χ0n) is 7.00. The Morgan fingerprint density at radius 2 is 2.27 bits per heavy atom. The van der Waals surface area contributed by atoms with Crippen LogP contribution in [-0.2, 0) is 6.42 Å². The summed E-state index contributed by atoms with van der Waals surface area (Å²) in [5.74, 6) is 0. The third-order valence-electron chi connectivity index (χ3n) is 1.49. The van der Waals surface area contributed by atoms with Gasteiger partial charge in [-0.05, 0) is 18.9 Å². The summed E-state index contributed by atoms with van der Waals surface area (Å²) in [5.41, 5.74) is 3.20. The number of nitrogens with zero attached hydrogens (tertiary/aromatic N) is 1. The zero-order valence-corrected chi connectivity index (χ0v) is 7.82. The van der Waals surface area contributed by atoms with Gasteiger partial charge in [-0.3, -0.25) is 0 Å². The average molecular weight is 167 g/mol. The van der Waals surface area contributed by atoms with E-state index in [2.05, 4.69) is 17.1 Å². The van der Waals surface area contributed by atoms with Crippen LogP contribution in [0.1, 0.15) is 30.8 Å². The highest BCUT2D eigenvalue weighted by molar-refractivity contribution is 7.10. The second kappa shape index (κ2) is 4.29. The number of thiazole rings is 1. The minimum Gasteiger partial charge on any atom is -0.249 e. The Labute approximate surface area is 71.8 Å². The highest BCUT2D eigenvalue weighted by atomic mass is 32.1. The first-order valence-electron chi connectivity index (χ1n) is 4.06. The topological polar surface area (TPSA) is 12.9 Å². The lowest BCUT2D eigenvalue weighted by Crippen LogP contribution is -1.89. The second-order valence-corrected chi connectivity index (χ2v) is 2.99. The number of rotatable bonds is 0. The molecule has 1 nitrogen and oxygen atoms in total. The van der Waals surface area contributed by atoms with E-state index in [0.29, 0.717) is 0 Å². The molecule has 1 aromatic rings. The standard InChI is InChI=1S/C7H7NS.C2H6/c1-2-4-7-6(3-1)8-5-9-7;1-2/h2,4-5H,1,3H2;1-2H3. The van der Waals surface area contributed by atoms with E-state index in [-0.39, 0.29) is 0 Å². The molecule has 0 aliphatic heterocycles. The normalized spacial score (nSPS) is 13.3. The van der Waals surface area contributed by atoms with Crippen molar-refractivity contribution in [3.63, 3.8) is 0 Å². The summed E-state index contributed by atoms with van der Waals surface area (Å²) in [5, 5.41) is 0. The monoisotopic (exact) mass is 167 g/mol. The molecule has 11 heavy (non-hydrogen) atoms. The van der Waals surface area contributed by atoms with Crippen LogP contribution in [0.5, 0.6) is 0 Å². The molecule has 1 aromatic heterocycles. The van der Waals surface area contributed by atoms with Crippen LogP contribution >= 0.6 is 11.3 Å². The van der Waals surface area contributed by atoms with Crippen LogP contribution in [0.3, 0.4) is 0 Å². The fourth-order valence-electron chi connectivity index (χ4n) is 1.01. The molecule has 0 saturated heterocycles. The van der Waals surface area contributed by atoms with Gasteiger partial charge in [0.05, 0.1) is 11.2 Å². The fraction of sp³-hybridized carbons (Fsp3) is 0.444. The van der Waals surface area contributed by atoms with E-state index in [0.717, 1.165) is 12.8 Å². The molecule has 0 N–H and O–H groups in total. The summed E-state index contributed by atoms with van der Waals surface area (Å²) >= 11 is 1.73. The van der Waals surface area contributed by atoms with Gasteiger partial charge >= 0.3 is 0 Å². The van der Waals surface area contributed by atoms with E-state index >= 15 is 0 Å². The lowest BCUT2D eigenvalue weighted by atomic mass is 10.1. The minimum absolute atomic E-state index is 1.13. The number of hydrogen-bond acceptors (Lipinski definition) is 2. The molecule has 0 fully saturated rings. The van der Waals surface area contributed by atoms with Crippen LogP contribution < -0.4 is 0 Å². The molecule has 0 radical (unpaired) electrons. The third-order valence-corrected chi connectivity index (χ3v) is 2.33. The van der Waals surface area contributed by atoms with Crippen LogP contribution in [0.2, 0.25) is 0 Å². The Morgan fingerprint density at radius 3 is 3.00 bits per heavy atom. The van der Waals surface area contributed by atoms with Gasteiger partial charge in [0.2, 0.25) is 0 Å². The van der Waals surface area contributed by atoms with Crippen LogP contribution in [0.25, 0.3) is 6.08 Å². The first kappa shape index (κ1) is 8.47. The molecule has 0 bridgehead atoms. The van der Waals surface area contributed by atoms with Gasteiger partial charge in [-0.1, -0.05) is 19.9 Å². The fourth-order valence-corrected chi connectivity index (χ4v) is 1.77. The van der Waals surface area contributed by atoms with Crippen molar-refractivity contribution in [1.29, 1.82) is 0 Å². The van der Waals surface area contributed by atoms with Gasteiger partial charge in [-0.2, -0.15) is 0 Å². The summed E-state index contributed by atoms with van der Waals surface area (Å²) < 4.78 is 0.